The van der Waals surface area contributed by atoms with Gasteiger partial charge in [-0.2, -0.15) is 13.2 Å². The van der Waals surface area contributed by atoms with E-state index >= 15 is 0 Å². The highest BCUT2D eigenvalue weighted by Crippen LogP contribution is 2.20. The summed E-state index contributed by atoms with van der Waals surface area (Å²) in [5.41, 5.74) is 0.438. The van der Waals surface area contributed by atoms with E-state index in [9.17, 15) is 18.3 Å². The van der Waals surface area contributed by atoms with Crippen molar-refractivity contribution in [3.63, 3.8) is 0 Å². The molecule has 0 aliphatic heterocycles. The number of aliphatic hydroxyl groups is 1. The van der Waals surface area contributed by atoms with Gasteiger partial charge < -0.3 is 5.11 Å². The Morgan fingerprint density at radius 3 is 2.21 bits per heavy atom. The van der Waals surface area contributed by atoms with Crippen molar-refractivity contribution in [3.8, 4) is 0 Å². The highest BCUT2D eigenvalue weighted by molar-refractivity contribution is 5.21. The third-order valence-corrected chi connectivity index (χ3v) is 1.61. The normalized spacial score (nSPS) is 14.6. The van der Waals surface area contributed by atoms with Gasteiger partial charge in [0.05, 0.1) is 6.10 Å². The van der Waals surface area contributed by atoms with E-state index in [0.717, 1.165) is 6.08 Å². The standard InChI is InChI=1S/C10H9F3O/c11-10(12,13)7-6-9(14)8-4-2-1-3-5-8/h1-7,9,14H/b7-6+. The maximum Gasteiger partial charge on any atom is 0.409 e. The maximum absolute atomic E-state index is 11.7. The molecule has 0 aliphatic carbocycles. The molecule has 4 heteroatoms. The van der Waals surface area contributed by atoms with Gasteiger partial charge in [-0.1, -0.05) is 30.3 Å². The average Bonchev–Trinajstić information content (AvgIpc) is 2.14. The van der Waals surface area contributed by atoms with Gasteiger partial charge in [0.2, 0.25) is 0 Å². The van der Waals surface area contributed by atoms with Crippen LogP contribution in [0, 0.1) is 0 Å². The van der Waals surface area contributed by atoms with Crippen LogP contribution in [0.1, 0.15) is 11.7 Å². The zero-order chi connectivity index (χ0) is 10.6. The first-order valence-corrected chi connectivity index (χ1v) is 3.98. The van der Waals surface area contributed by atoms with Gasteiger partial charge in [-0.3, -0.25) is 0 Å². The SMILES string of the molecule is OC(/C=C/C(F)(F)F)c1ccccc1. The lowest BCUT2D eigenvalue weighted by Crippen LogP contribution is -2.02. The fraction of sp³-hybridized carbons (Fsp3) is 0.200. The van der Waals surface area contributed by atoms with Crippen molar-refractivity contribution in [1.82, 2.24) is 0 Å². The minimum atomic E-state index is -4.38. The van der Waals surface area contributed by atoms with Gasteiger partial charge in [0, 0.05) is 6.08 Å². The smallest absolute Gasteiger partial charge is 0.384 e. The summed E-state index contributed by atoms with van der Waals surface area (Å²) >= 11 is 0. The quantitative estimate of drug-likeness (QED) is 0.731. The van der Waals surface area contributed by atoms with Crippen molar-refractivity contribution >= 4 is 0 Å². The molecule has 1 nitrogen and oxygen atoms in total. The predicted octanol–water partition coefficient (Wildman–Crippen LogP) is 2.84. The lowest BCUT2D eigenvalue weighted by atomic mass is 10.1. The van der Waals surface area contributed by atoms with Gasteiger partial charge in [0.25, 0.3) is 0 Å². The van der Waals surface area contributed by atoms with Crippen LogP contribution < -0.4 is 0 Å². The van der Waals surface area contributed by atoms with Gasteiger partial charge >= 0.3 is 6.18 Å². The molecule has 76 valence electrons. The lowest BCUT2D eigenvalue weighted by Gasteiger charge is -2.05. The third kappa shape index (κ3) is 3.62. The minimum absolute atomic E-state index is 0.0324. The molecule has 1 rings (SSSR count). The van der Waals surface area contributed by atoms with Gasteiger partial charge in [-0.05, 0) is 11.6 Å². The molecule has 1 atom stereocenters. The fourth-order valence-corrected chi connectivity index (χ4v) is 0.962. The third-order valence-electron chi connectivity index (χ3n) is 1.61. The van der Waals surface area contributed by atoms with Crippen molar-refractivity contribution in [1.29, 1.82) is 0 Å². The van der Waals surface area contributed by atoms with Gasteiger partial charge in [0.1, 0.15) is 0 Å². The molecule has 0 bridgehead atoms. The molecule has 0 radical (unpaired) electrons. The first-order chi connectivity index (χ1) is 6.49. The Morgan fingerprint density at radius 1 is 1.14 bits per heavy atom. The summed E-state index contributed by atoms with van der Waals surface area (Å²) in [6.07, 6.45) is -4.84. The van der Waals surface area contributed by atoms with Crippen molar-refractivity contribution in [3.05, 3.63) is 48.0 Å². The van der Waals surface area contributed by atoms with E-state index in [-0.39, 0.29) is 6.08 Å². The average molecular weight is 202 g/mol. The number of hydrogen-bond donors (Lipinski definition) is 1. The Kier molecular flexibility index (Phi) is 3.30. The molecule has 0 fully saturated rings. The molecule has 0 aromatic heterocycles. The number of rotatable bonds is 2. The second-order valence-electron chi connectivity index (χ2n) is 2.76. The number of alkyl halides is 3. The van der Waals surface area contributed by atoms with Crippen molar-refractivity contribution in [2.45, 2.75) is 12.3 Å². The molecule has 1 aromatic rings. The van der Waals surface area contributed by atoms with Crippen LogP contribution in [0.5, 0.6) is 0 Å². The summed E-state index contributed by atoms with van der Waals surface area (Å²) in [6.45, 7) is 0. The first kappa shape index (κ1) is 10.8. The summed E-state index contributed by atoms with van der Waals surface area (Å²) in [4.78, 5) is 0. The van der Waals surface area contributed by atoms with Gasteiger partial charge in [-0.25, -0.2) is 0 Å². The largest absolute Gasteiger partial charge is 0.409 e. The van der Waals surface area contributed by atoms with E-state index in [1.165, 1.54) is 0 Å². The Bertz CT molecular complexity index is 303. The molecule has 0 heterocycles. The zero-order valence-electron chi connectivity index (χ0n) is 7.20. The fourth-order valence-electron chi connectivity index (χ4n) is 0.962. The summed E-state index contributed by atoms with van der Waals surface area (Å²) in [5.74, 6) is 0. The molecule has 1 unspecified atom stereocenters. The summed E-state index contributed by atoms with van der Waals surface area (Å²) in [5, 5.41) is 9.30. The number of aliphatic hydroxyl groups excluding tert-OH is 1. The van der Waals surface area contributed by atoms with Gasteiger partial charge in [-0.15, -0.1) is 0 Å². The molecule has 1 N–H and O–H groups in total. The van der Waals surface area contributed by atoms with E-state index in [1.807, 2.05) is 0 Å². The lowest BCUT2D eigenvalue weighted by molar-refractivity contribution is -0.0805. The van der Waals surface area contributed by atoms with Gasteiger partial charge in [0.15, 0.2) is 0 Å². The molecular weight excluding hydrogens is 193 g/mol. The molecule has 0 aliphatic rings. The van der Waals surface area contributed by atoms with Crippen LogP contribution in [0.3, 0.4) is 0 Å². The Morgan fingerprint density at radius 2 is 1.71 bits per heavy atom. The van der Waals surface area contributed by atoms with Crippen molar-refractivity contribution in [2.24, 2.45) is 0 Å². The second-order valence-corrected chi connectivity index (χ2v) is 2.76. The monoisotopic (exact) mass is 202 g/mol. The van der Waals surface area contributed by atoms with Crippen LogP contribution in [0.2, 0.25) is 0 Å². The maximum atomic E-state index is 11.7. The molecule has 14 heavy (non-hydrogen) atoms. The van der Waals surface area contributed by atoms with E-state index < -0.39 is 12.3 Å². The van der Waals surface area contributed by atoms with Crippen molar-refractivity contribution < 1.29 is 18.3 Å². The number of hydrogen-bond acceptors (Lipinski definition) is 1. The number of allylic oxidation sites excluding steroid dienone is 1. The molecule has 0 spiro atoms. The van der Waals surface area contributed by atoms with Crippen LogP contribution in [-0.4, -0.2) is 11.3 Å². The summed E-state index contributed by atoms with van der Waals surface area (Å²) < 4.78 is 35.2. The Balaban J connectivity index is 2.69. The highest BCUT2D eigenvalue weighted by Gasteiger charge is 2.22. The topological polar surface area (TPSA) is 20.2 Å². The van der Waals surface area contributed by atoms with E-state index in [0.29, 0.717) is 5.56 Å². The molecule has 0 amide bonds. The van der Waals surface area contributed by atoms with E-state index in [1.54, 1.807) is 30.3 Å². The summed E-state index contributed by atoms with van der Waals surface area (Å²) in [6, 6.07) is 8.15. The second kappa shape index (κ2) is 4.28. The Labute approximate surface area is 79.5 Å². The zero-order valence-corrected chi connectivity index (χ0v) is 7.20. The summed E-state index contributed by atoms with van der Waals surface area (Å²) in [7, 11) is 0. The highest BCUT2D eigenvalue weighted by atomic mass is 19.4. The number of halogens is 3. The van der Waals surface area contributed by atoms with Crippen LogP contribution >= 0.6 is 0 Å². The molecular formula is C10H9F3O. The van der Waals surface area contributed by atoms with E-state index in [4.69, 9.17) is 0 Å². The van der Waals surface area contributed by atoms with Crippen LogP contribution in [-0.2, 0) is 0 Å². The predicted molar refractivity (Wildman–Crippen MR) is 46.6 cm³/mol. The van der Waals surface area contributed by atoms with Crippen LogP contribution in [0.4, 0.5) is 13.2 Å². The molecule has 0 saturated carbocycles. The Hall–Kier alpha value is -1.29. The number of benzene rings is 1. The van der Waals surface area contributed by atoms with E-state index in [2.05, 4.69) is 0 Å². The molecule has 0 saturated heterocycles. The van der Waals surface area contributed by atoms with Crippen LogP contribution in [0.25, 0.3) is 0 Å². The van der Waals surface area contributed by atoms with Crippen LogP contribution in [0.15, 0.2) is 42.5 Å². The first-order valence-electron chi connectivity index (χ1n) is 3.98. The minimum Gasteiger partial charge on any atom is -0.384 e. The van der Waals surface area contributed by atoms with Crippen molar-refractivity contribution in [2.75, 3.05) is 0 Å². The molecule has 1 aromatic carbocycles.